The predicted molar refractivity (Wildman–Crippen MR) is 105 cm³/mol. The molecule has 0 radical (unpaired) electrons. The Balaban J connectivity index is 1.42. The largest absolute Gasteiger partial charge is 0.347 e. The third-order valence-electron chi connectivity index (χ3n) is 4.63. The Labute approximate surface area is 162 Å². The fourth-order valence-corrected chi connectivity index (χ4v) is 3.21. The molecule has 1 aliphatic rings. The van der Waals surface area contributed by atoms with Crippen LogP contribution in [0.1, 0.15) is 22.3 Å². The van der Waals surface area contributed by atoms with Crippen molar-refractivity contribution < 1.29 is 9.59 Å². The van der Waals surface area contributed by atoms with Gasteiger partial charge in [0.25, 0.3) is 5.91 Å². The van der Waals surface area contributed by atoms with Gasteiger partial charge in [-0.25, -0.2) is 9.97 Å². The number of hydrogen-bond acceptors (Lipinski definition) is 5. The zero-order chi connectivity index (χ0) is 19.5. The molecular weight excluding hydrogens is 354 g/mol. The summed E-state index contributed by atoms with van der Waals surface area (Å²) in [5.74, 6) is 0.242. The normalized spacial score (nSPS) is 16.2. The monoisotopic (exact) mass is 373 g/mol. The zero-order valence-corrected chi connectivity index (χ0v) is 15.4. The lowest BCUT2D eigenvalue weighted by Gasteiger charge is -2.17. The summed E-state index contributed by atoms with van der Waals surface area (Å²) in [6.45, 7) is 2.43. The Hall–Kier alpha value is -3.61. The molecule has 2 aromatic heterocycles. The van der Waals surface area contributed by atoms with Crippen molar-refractivity contribution in [3.05, 3.63) is 72.3 Å². The topological polar surface area (TPSA) is 88.1 Å². The first-order valence-corrected chi connectivity index (χ1v) is 9.00. The van der Waals surface area contributed by atoms with E-state index in [0.717, 1.165) is 16.8 Å². The molecule has 1 aromatic carbocycles. The molecule has 1 atom stereocenters. The molecule has 0 spiro atoms. The van der Waals surface area contributed by atoms with Gasteiger partial charge in [0.1, 0.15) is 0 Å². The Morgan fingerprint density at radius 1 is 1.14 bits per heavy atom. The van der Waals surface area contributed by atoms with Crippen LogP contribution in [0.2, 0.25) is 0 Å². The van der Waals surface area contributed by atoms with Gasteiger partial charge >= 0.3 is 0 Å². The molecule has 1 N–H and O–H groups in total. The number of carbonyl (C=O) groups is 2. The predicted octanol–water partition coefficient (Wildman–Crippen LogP) is 2.38. The van der Waals surface area contributed by atoms with Crippen LogP contribution in [0.3, 0.4) is 0 Å². The van der Waals surface area contributed by atoms with Crippen molar-refractivity contribution >= 4 is 17.5 Å². The molecule has 7 nitrogen and oxygen atoms in total. The molecule has 0 saturated carbocycles. The summed E-state index contributed by atoms with van der Waals surface area (Å²) >= 11 is 0. The highest BCUT2D eigenvalue weighted by molar-refractivity contribution is 5.98. The Morgan fingerprint density at radius 2 is 1.89 bits per heavy atom. The fraction of sp³-hybridized carbons (Fsp3) is 0.190. The SMILES string of the molecule is Cc1cccc(N2C[C@@H](NC(=O)c3cnc(-c4ccncc4)nc3)CC2=O)c1. The number of rotatable bonds is 4. The second-order valence-corrected chi connectivity index (χ2v) is 6.75. The lowest BCUT2D eigenvalue weighted by atomic mass is 10.2. The summed E-state index contributed by atoms with van der Waals surface area (Å²) in [5, 5.41) is 2.91. The number of pyridine rings is 1. The summed E-state index contributed by atoms with van der Waals surface area (Å²) in [7, 11) is 0. The second kappa shape index (κ2) is 7.56. The lowest BCUT2D eigenvalue weighted by Crippen LogP contribution is -2.37. The average Bonchev–Trinajstić information content (AvgIpc) is 3.09. The number of aromatic nitrogens is 3. The Morgan fingerprint density at radius 3 is 2.61 bits per heavy atom. The van der Waals surface area contributed by atoms with Gasteiger partial charge in [-0.05, 0) is 36.8 Å². The van der Waals surface area contributed by atoms with Gasteiger partial charge in [-0.3, -0.25) is 14.6 Å². The van der Waals surface area contributed by atoms with Gasteiger partial charge in [0.05, 0.1) is 11.6 Å². The molecule has 7 heteroatoms. The summed E-state index contributed by atoms with van der Waals surface area (Å²) < 4.78 is 0. The highest BCUT2D eigenvalue weighted by Gasteiger charge is 2.31. The van der Waals surface area contributed by atoms with Crippen molar-refractivity contribution in [2.45, 2.75) is 19.4 Å². The van der Waals surface area contributed by atoms with Crippen molar-refractivity contribution in [2.75, 3.05) is 11.4 Å². The highest BCUT2D eigenvalue weighted by Crippen LogP contribution is 2.22. The smallest absolute Gasteiger partial charge is 0.254 e. The maximum Gasteiger partial charge on any atom is 0.254 e. The molecule has 0 unspecified atom stereocenters. The van der Waals surface area contributed by atoms with Crippen LogP contribution in [0.4, 0.5) is 5.69 Å². The number of hydrogen-bond donors (Lipinski definition) is 1. The molecule has 4 rings (SSSR count). The van der Waals surface area contributed by atoms with Crippen LogP contribution >= 0.6 is 0 Å². The van der Waals surface area contributed by atoms with E-state index in [0.29, 0.717) is 17.9 Å². The minimum atomic E-state index is -0.287. The van der Waals surface area contributed by atoms with E-state index < -0.39 is 0 Å². The van der Waals surface area contributed by atoms with Crippen LogP contribution in [0.15, 0.2) is 61.2 Å². The molecule has 3 aromatic rings. The summed E-state index contributed by atoms with van der Waals surface area (Å²) in [4.78, 5) is 39.1. The third kappa shape index (κ3) is 3.73. The van der Waals surface area contributed by atoms with Crippen molar-refractivity contribution in [2.24, 2.45) is 0 Å². The van der Waals surface area contributed by atoms with E-state index >= 15 is 0 Å². The first-order valence-electron chi connectivity index (χ1n) is 9.00. The first kappa shape index (κ1) is 17.8. The van der Waals surface area contributed by atoms with E-state index in [1.807, 2.05) is 31.2 Å². The van der Waals surface area contributed by atoms with E-state index in [4.69, 9.17) is 0 Å². The molecule has 1 aliphatic heterocycles. The number of amides is 2. The van der Waals surface area contributed by atoms with Gasteiger partial charge in [-0.2, -0.15) is 0 Å². The van der Waals surface area contributed by atoms with Crippen molar-refractivity contribution in [3.63, 3.8) is 0 Å². The van der Waals surface area contributed by atoms with Crippen LogP contribution in [-0.4, -0.2) is 39.4 Å². The lowest BCUT2D eigenvalue weighted by molar-refractivity contribution is -0.117. The Bertz CT molecular complexity index is 1000. The fourth-order valence-electron chi connectivity index (χ4n) is 3.21. The molecule has 3 heterocycles. The van der Waals surface area contributed by atoms with Crippen LogP contribution in [0.5, 0.6) is 0 Å². The maximum atomic E-state index is 12.5. The molecule has 0 bridgehead atoms. The molecule has 1 saturated heterocycles. The highest BCUT2D eigenvalue weighted by atomic mass is 16.2. The van der Waals surface area contributed by atoms with Crippen LogP contribution in [0.25, 0.3) is 11.4 Å². The maximum absolute atomic E-state index is 12.5. The van der Waals surface area contributed by atoms with E-state index in [2.05, 4.69) is 20.3 Å². The Kier molecular flexibility index (Phi) is 4.80. The molecule has 0 aliphatic carbocycles. The average molecular weight is 373 g/mol. The van der Waals surface area contributed by atoms with Crippen molar-refractivity contribution in [3.8, 4) is 11.4 Å². The number of nitrogens with one attached hydrogen (secondary N) is 1. The second-order valence-electron chi connectivity index (χ2n) is 6.75. The quantitative estimate of drug-likeness (QED) is 0.759. The molecular formula is C21H19N5O2. The number of aryl methyl sites for hydroxylation is 1. The minimum Gasteiger partial charge on any atom is -0.347 e. The standard InChI is InChI=1S/C21H19N5O2/c1-14-3-2-4-18(9-14)26-13-17(10-19(26)27)25-21(28)16-11-23-20(24-12-16)15-5-7-22-8-6-15/h2-9,11-12,17H,10,13H2,1H3,(H,25,28)/t17-/m0/s1. The molecule has 140 valence electrons. The number of benzene rings is 1. The molecule has 28 heavy (non-hydrogen) atoms. The van der Waals surface area contributed by atoms with E-state index in [1.165, 1.54) is 12.4 Å². The van der Waals surface area contributed by atoms with Crippen molar-refractivity contribution in [1.29, 1.82) is 0 Å². The van der Waals surface area contributed by atoms with E-state index in [1.54, 1.807) is 29.4 Å². The first-order chi connectivity index (χ1) is 13.6. The summed E-state index contributed by atoms with van der Waals surface area (Å²) in [6, 6.07) is 11.1. The van der Waals surface area contributed by atoms with Crippen LogP contribution in [-0.2, 0) is 4.79 Å². The van der Waals surface area contributed by atoms with Gasteiger partial charge in [0, 0.05) is 49.0 Å². The van der Waals surface area contributed by atoms with Gasteiger partial charge in [0.15, 0.2) is 5.82 Å². The number of carbonyl (C=O) groups excluding carboxylic acids is 2. The van der Waals surface area contributed by atoms with Crippen molar-refractivity contribution in [1.82, 2.24) is 20.3 Å². The summed E-state index contributed by atoms with van der Waals surface area (Å²) in [6.07, 6.45) is 6.59. The zero-order valence-electron chi connectivity index (χ0n) is 15.4. The van der Waals surface area contributed by atoms with Gasteiger partial charge in [0.2, 0.25) is 5.91 Å². The van der Waals surface area contributed by atoms with Gasteiger partial charge in [-0.15, -0.1) is 0 Å². The van der Waals surface area contributed by atoms with E-state index in [-0.39, 0.29) is 24.3 Å². The van der Waals surface area contributed by atoms with Gasteiger partial charge < -0.3 is 10.2 Å². The van der Waals surface area contributed by atoms with Gasteiger partial charge in [-0.1, -0.05) is 12.1 Å². The number of anilines is 1. The van der Waals surface area contributed by atoms with Crippen LogP contribution < -0.4 is 10.2 Å². The third-order valence-corrected chi connectivity index (χ3v) is 4.63. The molecule has 1 fully saturated rings. The van der Waals surface area contributed by atoms with Crippen LogP contribution in [0, 0.1) is 6.92 Å². The minimum absolute atomic E-state index is 0.000171. The number of nitrogens with zero attached hydrogens (tertiary/aromatic N) is 4. The molecule has 2 amide bonds. The summed E-state index contributed by atoms with van der Waals surface area (Å²) in [5.41, 5.74) is 3.13. The van der Waals surface area contributed by atoms with E-state index in [9.17, 15) is 9.59 Å².